The largest absolute Gasteiger partial charge is 0.339 e. The summed E-state index contributed by atoms with van der Waals surface area (Å²) in [5.74, 6) is 1.80. The molecule has 1 aliphatic rings. The molecular weight excluding hydrogens is 214 g/mol. The summed E-state index contributed by atoms with van der Waals surface area (Å²) in [6, 6.07) is 3.09. The Bertz CT molecular complexity index is 331. The fourth-order valence-corrected chi connectivity index (χ4v) is 3.71. The Hall–Kier alpha value is -0.340. The monoisotopic (exact) mass is 238 g/mol. The molecule has 0 bridgehead atoms. The molecule has 1 aliphatic carbocycles. The van der Waals surface area contributed by atoms with Crippen LogP contribution in [0, 0.1) is 18.8 Å². The Labute approximate surface area is 103 Å². The van der Waals surface area contributed by atoms with E-state index in [1.165, 1.54) is 31.4 Å². The van der Waals surface area contributed by atoms with Crippen LogP contribution in [0.25, 0.3) is 0 Å². The maximum atomic E-state index is 2.58. The molecule has 1 fully saturated rings. The van der Waals surface area contributed by atoms with Crippen LogP contribution in [0.2, 0.25) is 0 Å². The molecule has 0 saturated heterocycles. The van der Waals surface area contributed by atoms with Gasteiger partial charge in [-0.1, -0.05) is 13.8 Å². The van der Waals surface area contributed by atoms with Gasteiger partial charge in [0.05, 0.1) is 10.9 Å². The Morgan fingerprint density at radius 3 is 2.88 bits per heavy atom. The maximum absolute atomic E-state index is 2.58. The normalized spacial score (nSPS) is 30.6. The van der Waals surface area contributed by atoms with Crippen molar-refractivity contribution in [2.45, 2.75) is 52.6 Å². The molecule has 90 valence electrons. The smallest absolute Gasteiger partial charge is 0.111 e. The SMILES string of the molecule is Cc1ccsc1C[NH2+][C@@H]1CCC[C@@H](C)[C@H]1C. The van der Waals surface area contributed by atoms with Gasteiger partial charge in [0, 0.05) is 5.92 Å². The van der Waals surface area contributed by atoms with E-state index >= 15 is 0 Å². The second kappa shape index (κ2) is 5.33. The van der Waals surface area contributed by atoms with Gasteiger partial charge in [0.1, 0.15) is 6.54 Å². The summed E-state index contributed by atoms with van der Waals surface area (Å²) in [4.78, 5) is 1.56. The zero-order chi connectivity index (χ0) is 11.5. The maximum Gasteiger partial charge on any atom is 0.111 e. The lowest BCUT2D eigenvalue weighted by Crippen LogP contribution is -2.90. The molecule has 2 heteroatoms. The van der Waals surface area contributed by atoms with Crippen molar-refractivity contribution in [3.05, 3.63) is 21.9 Å². The average molecular weight is 238 g/mol. The van der Waals surface area contributed by atoms with Gasteiger partial charge < -0.3 is 5.32 Å². The molecule has 0 spiro atoms. The van der Waals surface area contributed by atoms with Crippen LogP contribution in [-0.2, 0) is 6.54 Å². The van der Waals surface area contributed by atoms with Crippen LogP contribution in [0.3, 0.4) is 0 Å². The van der Waals surface area contributed by atoms with Crippen molar-refractivity contribution < 1.29 is 5.32 Å². The molecule has 0 aliphatic heterocycles. The highest BCUT2D eigenvalue weighted by Crippen LogP contribution is 2.27. The number of hydrogen-bond donors (Lipinski definition) is 1. The van der Waals surface area contributed by atoms with Crippen LogP contribution >= 0.6 is 11.3 Å². The molecule has 3 atom stereocenters. The lowest BCUT2D eigenvalue weighted by atomic mass is 9.78. The lowest BCUT2D eigenvalue weighted by Gasteiger charge is -2.32. The Kier molecular flexibility index (Phi) is 4.04. The molecule has 1 aromatic rings. The van der Waals surface area contributed by atoms with E-state index in [0.717, 1.165) is 17.9 Å². The van der Waals surface area contributed by atoms with Crippen molar-refractivity contribution in [1.29, 1.82) is 0 Å². The van der Waals surface area contributed by atoms with E-state index in [2.05, 4.69) is 37.5 Å². The van der Waals surface area contributed by atoms with Crippen LogP contribution < -0.4 is 5.32 Å². The highest BCUT2D eigenvalue weighted by Gasteiger charge is 2.29. The average Bonchev–Trinajstić information content (AvgIpc) is 2.67. The van der Waals surface area contributed by atoms with Crippen LogP contribution in [0.4, 0.5) is 0 Å². The highest BCUT2D eigenvalue weighted by molar-refractivity contribution is 7.10. The summed E-state index contributed by atoms with van der Waals surface area (Å²) < 4.78 is 0. The third kappa shape index (κ3) is 2.67. The van der Waals surface area contributed by atoms with E-state index in [4.69, 9.17) is 0 Å². The van der Waals surface area contributed by atoms with E-state index in [9.17, 15) is 0 Å². The molecule has 0 aromatic carbocycles. The summed E-state index contributed by atoms with van der Waals surface area (Å²) in [6.45, 7) is 8.27. The van der Waals surface area contributed by atoms with E-state index in [-0.39, 0.29) is 0 Å². The van der Waals surface area contributed by atoms with Crippen molar-refractivity contribution in [2.24, 2.45) is 11.8 Å². The summed E-state index contributed by atoms with van der Waals surface area (Å²) >= 11 is 1.91. The lowest BCUT2D eigenvalue weighted by molar-refractivity contribution is -0.713. The van der Waals surface area contributed by atoms with Crippen molar-refractivity contribution >= 4 is 11.3 Å². The van der Waals surface area contributed by atoms with Gasteiger partial charge in [-0.2, -0.15) is 0 Å². The summed E-state index contributed by atoms with van der Waals surface area (Å²) in [5, 5.41) is 4.80. The number of rotatable bonds is 3. The zero-order valence-electron chi connectivity index (χ0n) is 10.7. The molecular formula is C14H24NS+. The van der Waals surface area contributed by atoms with E-state index in [1.807, 2.05) is 11.3 Å². The summed E-state index contributed by atoms with van der Waals surface area (Å²) in [6.07, 6.45) is 4.27. The molecule has 2 rings (SSSR count). The number of aryl methyl sites for hydroxylation is 1. The van der Waals surface area contributed by atoms with Crippen LogP contribution in [0.5, 0.6) is 0 Å². The molecule has 1 nitrogen and oxygen atoms in total. The molecule has 1 heterocycles. The summed E-state index contributed by atoms with van der Waals surface area (Å²) in [5.41, 5.74) is 1.47. The topological polar surface area (TPSA) is 16.6 Å². The van der Waals surface area contributed by atoms with Gasteiger partial charge in [-0.15, -0.1) is 11.3 Å². The minimum atomic E-state index is 0.852. The number of thiophene rings is 1. The van der Waals surface area contributed by atoms with Crippen molar-refractivity contribution in [2.75, 3.05) is 0 Å². The molecule has 2 N–H and O–H groups in total. The molecule has 1 aromatic heterocycles. The Morgan fingerprint density at radius 2 is 2.19 bits per heavy atom. The van der Waals surface area contributed by atoms with Crippen LogP contribution in [-0.4, -0.2) is 6.04 Å². The predicted molar refractivity (Wildman–Crippen MR) is 70.7 cm³/mol. The van der Waals surface area contributed by atoms with E-state index < -0.39 is 0 Å². The number of hydrogen-bond acceptors (Lipinski definition) is 1. The van der Waals surface area contributed by atoms with Crippen molar-refractivity contribution in [1.82, 2.24) is 0 Å². The van der Waals surface area contributed by atoms with Gasteiger partial charge in [0.2, 0.25) is 0 Å². The first-order chi connectivity index (χ1) is 7.68. The van der Waals surface area contributed by atoms with E-state index in [1.54, 1.807) is 4.88 Å². The molecule has 0 unspecified atom stereocenters. The van der Waals surface area contributed by atoms with Crippen LogP contribution in [0.1, 0.15) is 43.6 Å². The second-order valence-electron chi connectivity index (χ2n) is 5.40. The standard InChI is InChI=1S/C14H23NS/c1-10-5-4-6-13(12(10)3)15-9-14-11(2)7-8-16-14/h7-8,10,12-13,15H,4-6,9H2,1-3H3/p+1/t10-,12-,13-/m1/s1. The minimum Gasteiger partial charge on any atom is -0.339 e. The molecule has 1 saturated carbocycles. The van der Waals surface area contributed by atoms with Gasteiger partial charge >= 0.3 is 0 Å². The van der Waals surface area contributed by atoms with Crippen molar-refractivity contribution in [3.8, 4) is 0 Å². The van der Waals surface area contributed by atoms with Crippen molar-refractivity contribution in [3.63, 3.8) is 0 Å². The fourth-order valence-electron chi connectivity index (χ4n) is 2.83. The third-order valence-electron chi connectivity index (χ3n) is 4.34. The van der Waals surface area contributed by atoms with Gasteiger partial charge in [-0.25, -0.2) is 0 Å². The predicted octanol–water partition coefficient (Wildman–Crippen LogP) is 2.94. The fraction of sp³-hybridized carbons (Fsp3) is 0.714. The van der Waals surface area contributed by atoms with Gasteiger partial charge in [-0.05, 0) is 49.1 Å². The first-order valence-electron chi connectivity index (χ1n) is 6.54. The van der Waals surface area contributed by atoms with Gasteiger partial charge in [0.25, 0.3) is 0 Å². The number of quaternary nitrogens is 1. The second-order valence-corrected chi connectivity index (χ2v) is 6.40. The zero-order valence-corrected chi connectivity index (χ0v) is 11.5. The van der Waals surface area contributed by atoms with Crippen LogP contribution in [0.15, 0.2) is 11.4 Å². The Balaban J connectivity index is 1.88. The van der Waals surface area contributed by atoms with E-state index in [0.29, 0.717) is 0 Å². The first kappa shape index (κ1) is 12.1. The molecule has 0 radical (unpaired) electrons. The minimum absolute atomic E-state index is 0.852. The first-order valence-corrected chi connectivity index (χ1v) is 7.42. The number of nitrogens with two attached hydrogens (primary N) is 1. The molecule has 16 heavy (non-hydrogen) atoms. The van der Waals surface area contributed by atoms with Gasteiger partial charge in [-0.3, -0.25) is 0 Å². The third-order valence-corrected chi connectivity index (χ3v) is 5.39. The summed E-state index contributed by atoms with van der Waals surface area (Å²) in [7, 11) is 0. The molecule has 0 amide bonds. The Morgan fingerprint density at radius 1 is 1.38 bits per heavy atom. The quantitative estimate of drug-likeness (QED) is 0.834. The van der Waals surface area contributed by atoms with Gasteiger partial charge in [0.15, 0.2) is 0 Å². The highest BCUT2D eigenvalue weighted by atomic mass is 32.1.